The second kappa shape index (κ2) is 7.87. The first-order chi connectivity index (χ1) is 13.5. The Bertz CT molecular complexity index is 1040. The first kappa shape index (κ1) is 18.9. The SMILES string of the molecule is CC(C)(C)Cc1ccc(-c2ccc(-c3cc(-c4ccc[se]4)ncn3)cc2)cc1. The molecule has 0 saturated heterocycles. The molecule has 2 aromatic carbocycles. The van der Waals surface area contributed by atoms with Gasteiger partial charge in [0.15, 0.2) is 0 Å². The van der Waals surface area contributed by atoms with E-state index in [4.69, 9.17) is 0 Å². The van der Waals surface area contributed by atoms with Gasteiger partial charge in [0.05, 0.1) is 0 Å². The quantitative estimate of drug-likeness (QED) is 0.364. The van der Waals surface area contributed by atoms with Crippen molar-refractivity contribution in [2.75, 3.05) is 0 Å². The molecule has 0 spiro atoms. The van der Waals surface area contributed by atoms with Crippen molar-refractivity contribution in [2.24, 2.45) is 5.41 Å². The molecule has 0 unspecified atom stereocenters. The van der Waals surface area contributed by atoms with Crippen LogP contribution in [0.3, 0.4) is 0 Å². The van der Waals surface area contributed by atoms with Crippen LogP contribution in [0.4, 0.5) is 0 Å². The average molecular weight is 431 g/mol. The zero-order valence-corrected chi connectivity index (χ0v) is 18.2. The predicted octanol–water partition coefficient (Wildman–Crippen LogP) is 6.12. The monoisotopic (exact) mass is 432 g/mol. The maximum absolute atomic E-state index is 4.48. The van der Waals surface area contributed by atoms with Gasteiger partial charge in [0.25, 0.3) is 0 Å². The molecule has 4 aromatic rings. The van der Waals surface area contributed by atoms with Gasteiger partial charge in [-0.15, -0.1) is 0 Å². The third-order valence-electron chi connectivity index (χ3n) is 4.64. The van der Waals surface area contributed by atoms with Crippen molar-refractivity contribution in [2.45, 2.75) is 27.2 Å². The zero-order valence-electron chi connectivity index (χ0n) is 16.5. The van der Waals surface area contributed by atoms with E-state index in [0.29, 0.717) is 19.9 Å². The molecule has 2 heterocycles. The Morgan fingerprint density at radius 2 is 1.36 bits per heavy atom. The maximum atomic E-state index is 4.48. The van der Waals surface area contributed by atoms with Crippen LogP contribution in [0.5, 0.6) is 0 Å². The molecule has 2 aromatic heterocycles. The van der Waals surface area contributed by atoms with E-state index in [9.17, 15) is 0 Å². The molecular weight excluding hydrogens is 407 g/mol. The molecule has 0 aliphatic carbocycles. The van der Waals surface area contributed by atoms with Crippen LogP contribution < -0.4 is 0 Å². The number of nitrogens with zero attached hydrogens (tertiary/aromatic N) is 2. The van der Waals surface area contributed by atoms with E-state index in [1.165, 1.54) is 21.1 Å². The van der Waals surface area contributed by atoms with Gasteiger partial charge in [0, 0.05) is 0 Å². The van der Waals surface area contributed by atoms with Gasteiger partial charge in [0.2, 0.25) is 0 Å². The topological polar surface area (TPSA) is 25.8 Å². The number of benzene rings is 2. The summed E-state index contributed by atoms with van der Waals surface area (Å²) in [6.45, 7) is 6.83. The van der Waals surface area contributed by atoms with Crippen molar-refractivity contribution in [1.29, 1.82) is 0 Å². The van der Waals surface area contributed by atoms with Crippen LogP contribution in [0.25, 0.3) is 32.5 Å². The van der Waals surface area contributed by atoms with Gasteiger partial charge < -0.3 is 0 Å². The summed E-state index contributed by atoms with van der Waals surface area (Å²) in [6.07, 6.45) is 2.76. The molecule has 0 bridgehead atoms. The third kappa shape index (κ3) is 4.49. The van der Waals surface area contributed by atoms with Crippen LogP contribution in [0.15, 0.2) is 78.0 Å². The summed E-state index contributed by atoms with van der Waals surface area (Å²) in [7, 11) is 0. The fraction of sp³-hybridized carbons (Fsp3) is 0.200. The van der Waals surface area contributed by atoms with Gasteiger partial charge in [-0.25, -0.2) is 0 Å². The number of aromatic nitrogens is 2. The van der Waals surface area contributed by atoms with E-state index in [-0.39, 0.29) is 0 Å². The molecule has 0 saturated carbocycles. The minimum absolute atomic E-state index is 0.311. The summed E-state index contributed by atoms with van der Waals surface area (Å²) in [6, 6.07) is 23.9. The minimum atomic E-state index is 0.311. The van der Waals surface area contributed by atoms with Crippen LogP contribution in [-0.4, -0.2) is 24.5 Å². The van der Waals surface area contributed by atoms with Crippen molar-refractivity contribution in [3.8, 4) is 32.5 Å². The molecule has 0 aliphatic rings. The van der Waals surface area contributed by atoms with Gasteiger partial charge in [-0.3, -0.25) is 0 Å². The molecule has 0 amide bonds. The van der Waals surface area contributed by atoms with Crippen molar-refractivity contribution in [1.82, 2.24) is 9.97 Å². The Kier molecular flexibility index (Phi) is 5.30. The normalized spacial score (nSPS) is 11.5. The number of rotatable bonds is 4. The Balaban J connectivity index is 1.55. The van der Waals surface area contributed by atoms with Crippen LogP contribution in [0.2, 0.25) is 0 Å². The summed E-state index contributed by atoms with van der Waals surface area (Å²) >= 11 is 0.384. The van der Waals surface area contributed by atoms with E-state index in [2.05, 4.69) is 102 Å². The molecule has 3 heteroatoms. The fourth-order valence-corrected chi connectivity index (χ4v) is 4.79. The standard InChI is InChI=1S/C25H24N2Se/c1-25(2,3)16-18-6-8-19(9-7-18)20-10-12-21(13-11-20)22-15-23(27-17-26-22)24-5-4-14-28-24/h4-15,17H,16H2,1-3H3. The molecule has 4 rings (SSSR count). The second-order valence-electron chi connectivity index (χ2n) is 8.28. The van der Waals surface area contributed by atoms with Crippen LogP contribution >= 0.6 is 0 Å². The Morgan fingerprint density at radius 3 is 1.96 bits per heavy atom. The molecule has 0 radical (unpaired) electrons. The summed E-state index contributed by atoms with van der Waals surface area (Å²) in [5, 5.41) is 0. The molecule has 0 aliphatic heterocycles. The summed E-state index contributed by atoms with van der Waals surface area (Å²) < 4.78 is 1.31. The van der Waals surface area contributed by atoms with E-state index < -0.39 is 0 Å². The van der Waals surface area contributed by atoms with Gasteiger partial charge in [-0.1, -0.05) is 20.8 Å². The zero-order chi connectivity index (χ0) is 19.6. The van der Waals surface area contributed by atoms with Gasteiger partial charge >= 0.3 is 141 Å². The second-order valence-corrected chi connectivity index (χ2v) is 10.3. The van der Waals surface area contributed by atoms with E-state index in [0.717, 1.165) is 23.4 Å². The average Bonchev–Trinajstić information content (AvgIpc) is 3.23. The number of hydrogen-bond acceptors (Lipinski definition) is 2. The summed E-state index contributed by atoms with van der Waals surface area (Å²) in [4.78, 5) is 11.1. The van der Waals surface area contributed by atoms with Crippen molar-refractivity contribution in [3.05, 3.63) is 83.6 Å². The van der Waals surface area contributed by atoms with Gasteiger partial charge in [0.1, 0.15) is 0 Å². The fourth-order valence-electron chi connectivity index (χ4n) is 3.34. The molecule has 0 N–H and O–H groups in total. The molecular formula is C25H24N2Se. The van der Waals surface area contributed by atoms with Crippen molar-refractivity contribution in [3.63, 3.8) is 0 Å². The molecule has 0 atom stereocenters. The molecule has 2 nitrogen and oxygen atoms in total. The first-order valence-corrected chi connectivity index (χ1v) is 11.4. The predicted molar refractivity (Wildman–Crippen MR) is 118 cm³/mol. The Labute approximate surface area is 173 Å². The molecule has 28 heavy (non-hydrogen) atoms. The van der Waals surface area contributed by atoms with Gasteiger partial charge in [-0.2, -0.15) is 0 Å². The van der Waals surface area contributed by atoms with Crippen LogP contribution in [-0.2, 0) is 6.42 Å². The number of hydrogen-bond donors (Lipinski definition) is 0. The Hall–Kier alpha value is -2.48. The first-order valence-electron chi connectivity index (χ1n) is 9.54. The van der Waals surface area contributed by atoms with Crippen LogP contribution in [0.1, 0.15) is 26.3 Å². The third-order valence-corrected chi connectivity index (χ3v) is 6.52. The van der Waals surface area contributed by atoms with Gasteiger partial charge in [-0.05, 0) is 11.8 Å². The van der Waals surface area contributed by atoms with E-state index in [1.807, 2.05) is 0 Å². The molecule has 0 fully saturated rings. The summed E-state index contributed by atoms with van der Waals surface area (Å²) in [5.74, 6) is 0. The van der Waals surface area contributed by atoms with Crippen LogP contribution in [0, 0.1) is 5.41 Å². The van der Waals surface area contributed by atoms with E-state index in [1.54, 1.807) is 6.33 Å². The van der Waals surface area contributed by atoms with Crippen molar-refractivity contribution >= 4 is 14.5 Å². The summed E-state index contributed by atoms with van der Waals surface area (Å²) in [5.41, 5.74) is 7.30. The Morgan fingerprint density at radius 1 is 0.750 bits per heavy atom. The molecule has 140 valence electrons. The van der Waals surface area contributed by atoms with Crippen molar-refractivity contribution < 1.29 is 0 Å². The van der Waals surface area contributed by atoms with E-state index >= 15 is 0 Å².